The van der Waals surface area contributed by atoms with E-state index in [0.29, 0.717) is 17.3 Å². The number of nitrogen functional groups attached to an aromatic ring is 1. The largest absolute Gasteiger partial charge is 0.385 e. The van der Waals surface area contributed by atoms with Crippen LogP contribution < -0.4 is 11.1 Å². The van der Waals surface area contributed by atoms with E-state index >= 15 is 0 Å². The van der Waals surface area contributed by atoms with Gasteiger partial charge in [-0.05, 0) is 37.5 Å². The minimum absolute atomic E-state index is 0.472. The van der Waals surface area contributed by atoms with Crippen LogP contribution >= 0.6 is 0 Å². The number of anilines is 2. The number of nitrogens with zero attached hydrogens (tertiary/aromatic N) is 4. The molecule has 4 rings (SSSR count). The summed E-state index contributed by atoms with van der Waals surface area (Å²) in [6.45, 7) is 2.84. The van der Waals surface area contributed by atoms with Crippen LogP contribution in [-0.4, -0.2) is 26.3 Å². The van der Waals surface area contributed by atoms with Crippen molar-refractivity contribution in [3.8, 4) is 5.69 Å². The van der Waals surface area contributed by atoms with Crippen LogP contribution in [0, 0.1) is 6.92 Å². The fraction of sp³-hybridized carbons (Fsp3) is 0.267. The highest BCUT2D eigenvalue weighted by Crippen LogP contribution is 2.26. The molecular weight excluding hydrogens is 264 g/mol. The van der Waals surface area contributed by atoms with Gasteiger partial charge in [0.15, 0.2) is 5.65 Å². The van der Waals surface area contributed by atoms with Gasteiger partial charge in [0, 0.05) is 18.4 Å². The molecule has 1 aliphatic rings. The highest BCUT2D eigenvalue weighted by molar-refractivity contribution is 5.85. The average Bonchev–Trinajstić information content (AvgIpc) is 2.91. The molecule has 0 radical (unpaired) electrons. The lowest BCUT2D eigenvalue weighted by atomic mass is 10.0. The van der Waals surface area contributed by atoms with E-state index in [0.717, 1.165) is 24.0 Å². The van der Waals surface area contributed by atoms with Gasteiger partial charge in [0.25, 0.3) is 0 Å². The summed E-state index contributed by atoms with van der Waals surface area (Å²) in [5, 5.41) is 8.73. The van der Waals surface area contributed by atoms with Gasteiger partial charge in [-0.3, -0.25) is 0 Å². The second kappa shape index (κ2) is 4.44. The fourth-order valence-corrected chi connectivity index (χ4v) is 2.76. The summed E-state index contributed by atoms with van der Waals surface area (Å²) in [7, 11) is 0. The summed E-state index contributed by atoms with van der Waals surface area (Å²) in [5.41, 5.74) is 10.1. The Morgan fingerprint density at radius 2 is 2.19 bits per heavy atom. The van der Waals surface area contributed by atoms with Crippen LogP contribution in [0.3, 0.4) is 0 Å². The van der Waals surface area contributed by atoms with Gasteiger partial charge < -0.3 is 11.1 Å². The van der Waals surface area contributed by atoms with Crippen molar-refractivity contribution in [1.29, 1.82) is 0 Å². The normalized spacial score (nSPS) is 14.0. The summed E-state index contributed by atoms with van der Waals surface area (Å²) in [6.07, 6.45) is 4.19. The number of hydrogen-bond acceptors (Lipinski definition) is 5. The van der Waals surface area contributed by atoms with Gasteiger partial charge >= 0.3 is 0 Å². The molecule has 6 heteroatoms. The first-order valence-electron chi connectivity index (χ1n) is 7.07. The molecule has 6 nitrogen and oxygen atoms in total. The molecule has 0 unspecified atom stereocenters. The van der Waals surface area contributed by atoms with Crippen LogP contribution in [0.2, 0.25) is 0 Å². The van der Waals surface area contributed by atoms with Crippen molar-refractivity contribution in [2.45, 2.75) is 19.8 Å². The Kier molecular flexibility index (Phi) is 2.57. The van der Waals surface area contributed by atoms with Crippen molar-refractivity contribution in [2.24, 2.45) is 0 Å². The van der Waals surface area contributed by atoms with Gasteiger partial charge in [-0.15, -0.1) is 5.10 Å². The second-order valence-electron chi connectivity index (χ2n) is 5.34. The molecule has 0 spiro atoms. The molecule has 0 aliphatic carbocycles. The summed E-state index contributed by atoms with van der Waals surface area (Å²) >= 11 is 0. The third kappa shape index (κ3) is 1.99. The number of fused-ring (bicyclic) bond motifs is 2. The predicted molar refractivity (Wildman–Crippen MR) is 82.6 cm³/mol. The molecule has 0 saturated carbocycles. The fourth-order valence-electron chi connectivity index (χ4n) is 2.76. The lowest BCUT2D eigenvalue weighted by molar-refractivity contribution is 0.824. The lowest BCUT2D eigenvalue weighted by Crippen LogP contribution is -2.12. The van der Waals surface area contributed by atoms with Gasteiger partial charge in [-0.2, -0.15) is 0 Å². The van der Waals surface area contributed by atoms with E-state index in [1.165, 1.54) is 17.7 Å². The molecule has 0 amide bonds. The highest BCUT2D eigenvalue weighted by Gasteiger charge is 2.12. The third-order valence-electron chi connectivity index (χ3n) is 3.82. The summed E-state index contributed by atoms with van der Waals surface area (Å²) in [4.78, 5) is 8.51. The quantitative estimate of drug-likeness (QED) is 0.713. The summed E-state index contributed by atoms with van der Waals surface area (Å²) in [6, 6.07) is 6.36. The van der Waals surface area contributed by atoms with Crippen LogP contribution in [0.4, 0.5) is 11.5 Å². The zero-order chi connectivity index (χ0) is 14.4. The smallest absolute Gasteiger partial charge is 0.187 e. The van der Waals surface area contributed by atoms with Crippen LogP contribution in [0.1, 0.15) is 17.8 Å². The number of hydrogen-bond donors (Lipinski definition) is 2. The Hall–Kier alpha value is -2.63. The molecule has 3 heterocycles. The van der Waals surface area contributed by atoms with Gasteiger partial charge in [-0.1, -0.05) is 6.07 Å². The minimum atomic E-state index is 0.472. The average molecular weight is 280 g/mol. The van der Waals surface area contributed by atoms with Crippen molar-refractivity contribution in [2.75, 3.05) is 17.6 Å². The number of nitrogens with two attached hydrogens (primary N) is 1. The highest BCUT2D eigenvalue weighted by atomic mass is 15.3. The summed E-state index contributed by atoms with van der Waals surface area (Å²) in [5.74, 6) is 1.11. The van der Waals surface area contributed by atoms with E-state index < -0.39 is 0 Å². The maximum absolute atomic E-state index is 5.94. The number of nitrogens with one attached hydrogen (secondary N) is 1. The molecule has 0 fully saturated rings. The second-order valence-corrected chi connectivity index (χ2v) is 5.34. The van der Waals surface area contributed by atoms with Crippen LogP contribution in [0.25, 0.3) is 16.7 Å². The van der Waals surface area contributed by atoms with Crippen LogP contribution in [0.15, 0.2) is 24.4 Å². The Balaban J connectivity index is 1.84. The van der Waals surface area contributed by atoms with Gasteiger partial charge in [-0.25, -0.2) is 14.6 Å². The first-order chi connectivity index (χ1) is 10.2. The third-order valence-corrected chi connectivity index (χ3v) is 3.82. The zero-order valence-electron chi connectivity index (χ0n) is 11.8. The topological polar surface area (TPSA) is 81.6 Å². The Bertz CT molecular complexity index is 836. The monoisotopic (exact) mass is 280 g/mol. The van der Waals surface area contributed by atoms with Crippen LogP contribution in [0.5, 0.6) is 0 Å². The number of aryl methyl sites for hydroxylation is 2. The summed E-state index contributed by atoms with van der Waals surface area (Å²) < 4.78 is 1.81. The van der Waals surface area contributed by atoms with Gasteiger partial charge in [0.05, 0.1) is 11.1 Å². The van der Waals surface area contributed by atoms with Crippen molar-refractivity contribution < 1.29 is 0 Å². The number of aromatic nitrogens is 4. The van der Waals surface area contributed by atoms with Gasteiger partial charge in [0.2, 0.25) is 0 Å². The Morgan fingerprint density at radius 1 is 1.29 bits per heavy atom. The van der Waals surface area contributed by atoms with Crippen molar-refractivity contribution in [1.82, 2.24) is 19.7 Å². The van der Waals surface area contributed by atoms with E-state index in [1.807, 2.05) is 17.8 Å². The predicted octanol–water partition coefficient (Wildman–Crippen LogP) is 2.06. The van der Waals surface area contributed by atoms with Gasteiger partial charge in [0.1, 0.15) is 11.6 Å². The molecule has 21 heavy (non-hydrogen) atoms. The van der Waals surface area contributed by atoms with E-state index in [2.05, 4.69) is 38.6 Å². The van der Waals surface area contributed by atoms with E-state index in [-0.39, 0.29) is 0 Å². The SMILES string of the molecule is Cc1nc(N)c2cn(-c3ccc4c(c3)NCCC4)nc2n1. The lowest BCUT2D eigenvalue weighted by Gasteiger charge is -2.18. The Labute approximate surface area is 122 Å². The first-order valence-corrected chi connectivity index (χ1v) is 7.07. The Morgan fingerprint density at radius 3 is 3.10 bits per heavy atom. The van der Waals surface area contributed by atoms with E-state index in [4.69, 9.17) is 5.73 Å². The van der Waals surface area contributed by atoms with E-state index in [1.54, 1.807) is 0 Å². The van der Waals surface area contributed by atoms with Crippen molar-refractivity contribution in [3.63, 3.8) is 0 Å². The number of benzene rings is 1. The maximum atomic E-state index is 5.94. The van der Waals surface area contributed by atoms with Crippen molar-refractivity contribution in [3.05, 3.63) is 35.8 Å². The molecule has 1 aromatic carbocycles. The van der Waals surface area contributed by atoms with Crippen LogP contribution in [-0.2, 0) is 6.42 Å². The molecule has 2 aromatic heterocycles. The molecule has 106 valence electrons. The molecule has 1 aliphatic heterocycles. The van der Waals surface area contributed by atoms with E-state index in [9.17, 15) is 0 Å². The molecule has 3 N–H and O–H groups in total. The molecule has 0 saturated heterocycles. The molecular formula is C15H16N6. The van der Waals surface area contributed by atoms with Crippen molar-refractivity contribution >= 4 is 22.5 Å². The molecule has 0 atom stereocenters. The molecule has 3 aromatic rings. The maximum Gasteiger partial charge on any atom is 0.187 e. The zero-order valence-corrected chi connectivity index (χ0v) is 11.8. The standard InChI is InChI=1S/C15H16N6/c1-9-18-14(16)12-8-21(20-15(12)19-9)11-5-4-10-3-2-6-17-13(10)7-11/h4-5,7-8,17H,2-3,6H2,1H3,(H2,16,18,19,20). The first kappa shape index (κ1) is 12.1. The number of rotatable bonds is 1. The minimum Gasteiger partial charge on any atom is -0.385 e. The molecule has 0 bridgehead atoms.